The van der Waals surface area contributed by atoms with E-state index >= 15 is 0 Å². The highest BCUT2D eigenvalue weighted by Gasteiger charge is 2.45. The third kappa shape index (κ3) is 3.54. The van der Waals surface area contributed by atoms with Crippen molar-refractivity contribution in [1.29, 1.82) is 0 Å². The Kier molecular flexibility index (Phi) is 5.36. The number of hydrogen-bond donors (Lipinski definition) is 3. The van der Waals surface area contributed by atoms with Crippen LogP contribution in [0.3, 0.4) is 0 Å². The molecule has 2 amide bonds. The zero-order valence-corrected chi connectivity index (χ0v) is 13.9. The van der Waals surface area contributed by atoms with Crippen LogP contribution in [0.5, 0.6) is 0 Å². The van der Waals surface area contributed by atoms with E-state index in [1.165, 1.54) is 6.07 Å². The molecule has 0 saturated carbocycles. The van der Waals surface area contributed by atoms with Crippen molar-refractivity contribution in [2.75, 3.05) is 32.8 Å². The molecule has 0 radical (unpaired) electrons. The molecule has 132 valence electrons. The molecular formula is C18H26FN3O2. The monoisotopic (exact) mass is 335 g/mol. The normalized spacial score (nSPS) is 26.8. The predicted octanol–water partition coefficient (Wildman–Crippen LogP) is 1.51. The highest BCUT2D eigenvalue weighted by molar-refractivity contribution is 5.74. The zero-order valence-electron chi connectivity index (χ0n) is 13.9. The summed E-state index contributed by atoms with van der Waals surface area (Å²) in [5, 5.41) is 16.3. The van der Waals surface area contributed by atoms with Gasteiger partial charge in [-0.2, -0.15) is 0 Å². The maximum Gasteiger partial charge on any atom is 0.317 e. The van der Waals surface area contributed by atoms with Crippen molar-refractivity contribution in [1.82, 2.24) is 15.5 Å². The second-order valence-electron chi connectivity index (χ2n) is 6.91. The summed E-state index contributed by atoms with van der Waals surface area (Å²) in [6.45, 7) is 2.76. The molecule has 24 heavy (non-hydrogen) atoms. The average molecular weight is 335 g/mol. The molecule has 2 aliphatic rings. The average Bonchev–Trinajstić information content (AvgIpc) is 2.62. The van der Waals surface area contributed by atoms with E-state index in [2.05, 4.69) is 10.6 Å². The Hall–Kier alpha value is -1.66. The van der Waals surface area contributed by atoms with Crippen LogP contribution in [0.4, 0.5) is 9.18 Å². The second kappa shape index (κ2) is 7.49. The van der Waals surface area contributed by atoms with Crippen LogP contribution >= 0.6 is 0 Å². The van der Waals surface area contributed by atoms with E-state index in [0.717, 1.165) is 25.8 Å². The van der Waals surface area contributed by atoms with E-state index in [1.54, 1.807) is 23.1 Å². The number of carbonyl (C=O) groups is 1. The molecule has 1 aromatic carbocycles. The molecule has 6 heteroatoms. The third-order valence-electron chi connectivity index (χ3n) is 5.41. The first kappa shape index (κ1) is 17.2. The second-order valence-corrected chi connectivity index (χ2v) is 6.91. The Morgan fingerprint density at radius 2 is 2.29 bits per heavy atom. The minimum atomic E-state index is -0.236. The number of likely N-dealkylation sites (tertiary alicyclic amines) is 1. The number of aliphatic hydroxyl groups excluding tert-OH is 1. The molecule has 0 aromatic heterocycles. The van der Waals surface area contributed by atoms with Gasteiger partial charge in [0.25, 0.3) is 0 Å². The molecule has 0 spiro atoms. The van der Waals surface area contributed by atoms with Gasteiger partial charge < -0.3 is 20.6 Å². The molecule has 2 heterocycles. The van der Waals surface area contributed by atoms with Crippen molar-refractivity contribution in [2.24, 2.45) is 5.41 Å². The molecular weight excluding hydrogens is 309 g/mol. The lowest BCUT2D eigenvalue weighted by Crippen LogP contribution is -2.63. The van der Waals surface area contributed by atoms with Crippen LogP contribution in [-0.2, 0) is 6.42 Å². The number of urea groups is 1. The van der Waals surface area contributed by atoms with E-state index < -0.39 is 0 Å². The van der Waals surface area contributed by atoms with Gasteiger partial charge in [-0.1, -0.05) is 18.2 Å². The number of hydrogen-bond acceptors (Lipinski definition) is 3. The molecule has 2 aliphatic heterocycles. The van der Waals surface area contributed by atoms with Crippen molar-refractivity contribution in [3.05, 3.63) is 35.6 Å². The summed E-state index contributed by atoms with van der Waals surface area (Å²) in [5.74, 6) is -0.236. The van der Waals surface area contributed by atoms with Crippen LogP contribution in [0.25, 0.3) is 0 Å². The number of halogens is 1. The Morgan fingerprint density at radius 1 is 1.46 bits per heavy atom. The number of nitrogens with one attached hydrogen (secondary N) is 2. The van der Waals surface area contributed by atoms with E-state index in [0.29, 0.717) is 37.7 Å². The first-order valence-corrected chi connectivity index (χ1v) is 8.75. The lowest BCUT2D eigenvalue weighted by atomic mass is 9.71. The molecule has 3 N–H and O–H groups in total. The maximum absolute atomic E-state index is 13.6. The fourth-order valence-corrected chi connectivity index (χ4v) is 3.98. The topological polar surface area (TPSA) is 64.6 Å². The standard InChI is InChI=1S/C18H26FN3O2/c19-15-5-2-1-4-14(15)6-10-21-17(24)22-11-7-16-18(12-22,13-23)8-3-9-20-16/h1-2,4-5,16,20,23H,3,6-13H2,(H,21,24)/t16-,18-/m1/s1. The van der Waals surface area contributed by atoms with Crippen molar-refractivity contribution in [3.8, 4) is 0 Å². The summed E-state index contributed by atoms with van der Waals surface area (Å²) in [6, 6.07) is 6.80. The van der Waals surface area contributed by atoms with E-state index in [9.17, 15) is 14.3 Å². The molecule has 5 nitrogen and oxygen atoms in total. The van der Waals surface area contributed by atoms with E-state index in [-0.39, 0.29) is 23.9 Å². The molecule has 2 fully saturated rings. The molecule has 2 atom stereocenters. The quantitative estimate of drug-likeness (QED) is 0.782. The number of carbonyl (C=O) groups excluding carboxylic acids is 1. The van der Waals surface area contributed by atoms with Crippen LogP contribution < -0.4 is 10.6 Å². The van der Waals surface area contributed by atoms with Crippen LogP contribution in [-0.4, -0.2) is 54.9 Å². The van der Waals surface area contributed by atoms with Crippen LogP contribution in [0, 0.1) is 11.2 Å². The van der Waals surface area contributed by atoms with Gasteiger partial charge in [0.2, 0.25) is 0 Å². The number of benzene rings is 1. The van der Waals surface area contributed by atoms with Gasteiger partial charge in [0.1, 0.15) is 5.82 Å². The van der Waals surface area contributed by atoms with Gasteiger partial charge in [-0.15, -0.1) is 0 Å². The zero-order chi connectivity index (χ0) is 17.0. The first-order valence-electron chi connectivity index (χ1n) is 8.75. The smallest absolute Gasteiger partial charge is 0.317 e. The first-order chi connectivity index (χ1) is 11.6. The molecule has 1 aromatic rings. The predicted molar refractivity (Wildman–Crippen MR) is 90.2 cm³/mol. The summed E-state index contributed by atoms with van der Waals surface area (Å²) in [5.41, 5.74) is 0.388. The van der Waals surface area contributed by atoms with Crippen LogP contribution in [0.1, 0.15) is 24.8 Å². The summed E-state index contributed by atoms with van der Waals surface area (Å²) in [4.78, 5) is 14.2. The fraction of sp³-hybridized carbons (Fsp3) is 0.611. The van der Waals surface area contributed by atoms with E-state index in [4.69, 9.17) is 0 Å². The molecule has 3 rings (SSSR count). The fourth-order valence-electron chi connectivity index (χ4n) is 3.98. The molecule has 2 saturated heterocycles. The number of amides is 2. The number of piperidine rings is 2. The minimum Gasteiger partial charge on any atom is -0.396 e. The van der Waals surface area contributed by atoms with Gasteiger partial charge in [-0.05, 0) is 43.9 Å². The van der Waals surface area contributed by atoms with Gasteiger partial charge >= 0.3 is 6.03 Å². The Balaban J connectivity index is 1.53. The van der Waals surface area contributed by atoms with Crippen LogP contribution in [0.15, 0.2) is 24.3 Å². The van der Waals surface area contributed by atoms with Crippen LogP contribution in [0.2, 0.25) is 0 Å². The molecule has 0 unspecified atom stereocenters. The summed E-state index contributed by atoms with van der Waals surface area (Å²) in [7, 11) is 0. The van der Waals surface area contributed by atoms with Crippen molar-refractivity contribution < 1.29 is 14.3 Å². The number of nitrogens with zero attached hydrogens (tertiary/aromatic N) is 1. The van der Waals surface area contributed by atoms with Crippen molar-refractivity contribution in [2.45, 2.75) is 31.7 Å². The summed E-state index contributed by atoms with van der Waals surface area (Å²) in [6.07, 6.45) is 3.31. The Labute approximate surface area is 142 Å². The Morgan fingerprint density at radius 3 is 3.08 bits per heavy atom. The Bertz CT molecular complexity index is 583. The molecule has 0 bridgehead atoms. The number of fused-ring (bicyclic) bond motifs is 1. The highest BCUT2D eigenvalue weighted by Crippen LogP contribution is 2.36. The van der Waals surface area contributed by atoms with Crippen molar-refractivity contribution in [3.63, 3.8) is 0 Å². The van der Waals surface area contributed by atoms with E-state index in [1.807, 2.05) is 0 Å². The number of aliphatic hydroxyl groups is 1. The lowest BCUT2D eigenvalue weighted by molar-refractivity contribution is -0.00612. The largest absolute Gasteiger partial charge is 0.396 e. The number of rotatable bonds is 4. The summed E-state index contributed by atoms with van der Waals surface area (Å²) < 4.78 is 13.6. The van der Waals surface area contributed by atoms with Gasteiger partial charge in [0.15, 0.2) is 0 Å². The van der Waals surface area contributed by atoms with Crippen molar-refractivity contribution >= 4 is 6.03 Å². The SMILES string of the molecule is O=C(NCCc1ccccc1F)N1CC[C@H]2NCCC[C@]2(CO)C1. The summed E-state index contributed by atoms with van der Waals surface area (Å²) >= 11 is 0. The minimum absolute atomic E-state index is 0.101. The third-order valence-corrected chi connectivity index (χ3v) is 5.41. The van der Waals surface area contributed by atoms with Gasteiger partial charge in [0.05, 0.1) is 6.61 Å². The highest BCUT2D eigenvalue weighted by atomic mass is 19.1. The van der Waals surface area contributed by atoms with Gasteiger partial charge in [-0.3, -0.25) is 0 Å². The maximum atomic E-state index is 13.6. The molecule has 0 aliphatic carbocycles. The lowest BCUT2D eigenvalue weighted by Gasteiger charge is -2.50. The van der Waals surface area contributed by atoms with Gasteiger partial charge in [-0.25, -0.2) is 9.18 Å². The van der Waals surface area contributed by atoms with Gasteiger partial charge in [0, 0.05) is 31.1 Å².